The maximum absolute atomic E-state index is 11.8. The fraction of sp³-hybridized carbons (Fsp3) is 0.778. The van der Waals surface area contributed by atoms with Gasteiger partial charge in [0.2, 0.25) is 0 Å². The third-order valence-corrected chi connectivity index (χ3v) is 2.00. The van der Waals surface area contributed by atoms with Gasteiger partial charge in [-0.15, -0.1) is 13.2 Å². The molecule has 1 aliphatic carbocycles. The van der Waals surface area contributed by atoms with Crippen LogP contribution in [0.25, 0.3) is 0 Å². The molecule has 1 rings (SSSR count). The Hall–Kier alpha value is -0.870. The van der Waals surface area contributed by atoms with Crippen molar-refractivity contribution in [3.63, 3.8) is 0 Å². The van der Waals surface area contributed by atoms with E-state index in [4.69, 9.17) is 4.74 Å². The standard InChI is InChI=1S/C9H13F3O2/c1-6(13-5-8-3-4-8)7(2)14-9(10,11)12/h8H,3-5H2,1-2H3. The Kier molecular flexibility index (Phi) is 3.29. The van der Waals surface area contributed by atoms with Gasteiger partial charge in [-0.1, -0.05) is 0 Å². The molecule has 0 aromatic rings. The minimum Gasteiger partial charge on any atom is -0.494 e. The molecule has 0 amide bonds. The lowest BCUT2D eigenvalue weighted by Gasteiger charge is -2.12. The maximum Gasteiger partial charge on any atom is 0.572 e. The van der Waals surface area contributed by atoms with E-state index in [9.17, 15) is 13.2 Å². The van der Waals surface area contributed by atoms with E-state index in [0.29, 0.717) is 12.5 Å². The monoisotopic (exact) mass is 210 g/mol. The second-order valence-corrected chi connectivity index (χ2v) is 3.41. The summed E-state index contributed by atoms with van der Waals surface area (Å²) in [6.07, 6.45) is -2.42. The molecule has 1 aliphatic rings. The van der Waals surface area contributed by atoms with Crippen molar-refractivity contribution < 1.29 is 22.6 Å². The number of allylic oxidation sites excluding steroid dienone is 2. The van der Waals surface area contributed by atoms with Crippen molar-refractivity contribution in [1.29, 1.82) is 0 Å². The number of rotatable bonds is 4. The highest BCUT2D eigenvalue weighted by Crippen LogP contribution is 2.30. The minimum atomic E-state index is -4.63. The van der Waals surface area contributed by atoms with Gasteiger partial charge in [0.1, 0.15) is 11.5 Å². The SMILES string of the molecule is CC(OCC1CC1)=C(C)OC(F)(F)F. The van der Waals surface area contributed by atoms with Crippen molar-refractivity contribution in [3.05, 3.63) is 11.5 Å². The van der Waals surface area contributed by atoms with Crippen LogP contribution < -0.4 is 0 Å². The van der Waals surface area contributed by atoms with Crippen LogP contribution in [0.1, 0.15) is 26.7 Å². The molecular formula is C9H13F3O2. The number of hydrogen-bond acceptors (Lipinski definition) is 2. The average molecular weight is 210 g/mol. The molecule has 0 aromatic carbocycles. The van der Waals surface area contributed by atoms with Crippen LogP contribution in [0.2, 0.25) is 0 Å². The highest BCUT2D eigenvalue weighted by Gasteiger charge is 2.32. The van der Waals surface area contributed by atoms with Crippen LogP contribution in [0.15, 0.2) is 11.5 Å². The molecule has 14 heavy (non-hydrogen) atoms. The molecule has 0 bridgehead atoms. The zero-order valence-electron chi connectivity index (χ0n) is 8.15. The summed E-state index contributed by atoms with van der Waals surface area (Å²) < 4.78 is 44.1. The molecule has 82 valence electrons. The normalized spacial score (nSPS) is 18.9. The first-order valence-electron chi connectivity index (χ1n) is 4.44. The smallest absolute Gasteiger partial charge is 0.494 e. The summed E-state index contributed by atoms with van der Waals surface area (Å²) in [5.74, 6) is 0.496. The Morgan fingerprint density at radius 2 is 1.79 bits per heavy atom. The average Bonchev–Trinajstić information content (AvgIpc) is 2.79. The summed E-state index contributed by atoms with van der Waals surface area (Å²) in [7, 11) is 0. The van der Waals surface area contributed by atoms with Gasteiger partial charge in [-0.25, -0.2) is 0 Å². The third kappa shape index (κ3) is 4.39. The van der Waals surface area contributed by atoms with E-state index in [1.165, 1.54) is 13.8 Å². The minimum absolute atomic E-state index is 0.203. The number of ether oxygens (including phenoxy) is 2. The lowest BCUT2D eigenvalue weighted by atomic mass is 10.4. The molecule has 0 aromatic heterocycles. The van der Waals surface area contributed by atoms with Gasteiger partial charge < -0.3 is 9.47 Å². The molecule has 0 heterocycles. The van der Waals surface area contributed by atoms with E-state index < -0.39 is 6.36 Å². The second kappa shape index (κ2) is 4.11. The van der Waals surface area contributed by atoms with E-state index in [-0.39, 0.29) is 11.5 Å². The Balaban J connectivity index is 2.36. The number of alkyl halides is 3. The molecule has 0 atom stereocenters. The molecule has 0 N–H and O–H groups in total. The van der Waals surface area contributed by atoms with Crippen molar-refractivity contribution in [3.8, 4) is 0 Å². The lowest BCUT2D eigenvalue weighted by Crippen LogP contribution is -2.13. The van der Waals surface area contributed by atoms with E-state index in [0.717, 1.165) is 12.8 Å². The van der Waals surface area contributed by atoms with Crippen molar-refractivity contribution >= 4 is 0 Å². The summed E-state index contributed by atoms with van der Waals surface area (Å²) in [6.45, 7) is 3.21. The largest absolute Gasteiger partial charge is 0.572 e. The fourth-order valence-corrected chi connectivity index (χ4v) is 0.874. The van der Waals surface area contributed by atoms with Gasteiger partial charge in [-0.05, 0) is 32.6 Å². The van der Waals surface area contributed by atoms with E-state index >= 15 is 0 Å². The van der Waals surface area contributed by atoms with Gasteiger partial charge in [0.25, 0.3) is 0 Å². The maximum atomic E-state index is 11.8. The van der Waals surface area contributed by atoms with Crippen molar-refractivity contribution in [1.82, 2.24) is 0 Å². The summed E-state index contributed by atoms with van der Waals surface area (Å²) >= 11 is 0. The molecular weight excluding hydrogens is 197 g/mol. The predicted molar refractivity (Wildman–Crippen MR) is 44.2 cm³/mol. The molecule has 0 radical (unpaired) electrons. The van der Waals surface area contributed by atoms with Crippen LogP contribution in [0.3, 0.4) is 0 Å². The summed E-state index contributed by atoms with van der Waals surface area (Å²) in [5, 5.41) is 0. The second-order valence-electron chi connectivity index (χ2n) is 3.41. The Labute approximate surface area is 80.7 Å². The topological polar surface area (TPSA) is 18.5 Å². The first-order valence-corrected chi connectivity index (χ1v) is 4.44. The van der Waals surface area contributed by atoms with Crippen LogP contribution in [0.5, 0.6) is 0 Å². The summed E-state index contributed by atoms with van der Waals surface area (Å²) in [6, 6.07) is 0. The van der Waals surface area contributed by atoms with Gasteiger partial charge in [-0.2, -0.15) is 0 Å². The van der Waals surface area contributed by atoms with Gasteiger partial charge in [0, 0.05) is 0 Å². The van der Waals surface area contributed by atoms with Crippen molar-refractivity contribution in [2.24, 2.45) is 5.92 Å². The summed E-state index contributed by atoms with van der Waals surface area (Å²) in [5.41, 5.74) is 0. The molecule has 0 spiro atoms. The zero-order chi connectivity index (χ0) is 10.8. The lowest BCUT2D eigenvalue weighted by molar-refractivity contribution is -0.306. The molecule has 5 heteroatoms. The highest BCUT2D eigenvalue weighted by atomic mass is 19.4. The van der Waals surface area contributed by atoms with Gasteiger partial charge in [-0.3, -0.25) is 0 Å². The first kappa shape index (κ1) is 11.2. The molecule has 0 saturated heterocycles. The van der Waals surface area contributed by atoms with E-state index in [1.54, 1.807) is 0 Å². The van der Waals surface area contributed by atoms with Crippen LogP contribution in [0, 0.1) is 5.92 Å². The van der Waals surface area contributed by atoms with Crippen LogP contribution in [-0.4, -0.2) is 13.0 Å². The van der Waals surface area contributed by atoms with Gasteiger partial charge in [0.05, 0.1) is 6.61 Å². The third-order valence-electron chi connectivity index (χ3n) is 2.00. The van der Waals surface area contributed by atoms with Crippen molar-refractivity contribution in [2.75, 3.05) is 6.61 Å². The Morgan fingerprint density at radius 1 is 1.21 bits per heavy atom. The van der Waals surface area contributed by atoms with Crippen LogP contribution in [0.4, 0.5) is 13.2 Å². The van der Waals surface area contributed by atoms with Crippen LogP contribution >= 0.6 is 0 Å². The van der Waals surface area contributed by atoms with E-state index in [1.807, 2.05) is 0 Å². The molecule has 0 aliphatic heterocycles. The Morgan fingerprint density at radius 3 is 2.21 bits per heavy atom. The first-order chi connectivity index (χ1) is 6.38. The highest BCUT2D eigenvalue weighted by molar-refractivity contribution is 4.95. The van der Waals surface area contributed by atoms with Crippen molar-refractivity contribution in [2.45, 2.75) is 33.1 Å². The molecule has 2 nitrogen and oxygen atoms in total. The zero-order valence-corrected chi connectivity index (χ0v) is 8.15. The summed E-state index contributed by atoms with van der Waals surface area (Å²) in [4.78, 5) is 0. The van der Waals surface area contributed by atoms with Gasteiger partial charge >= 0.3 is 6.36 Å². The molecule has 1 fully saturated rings. The van der Waals surface area contributed by atoms with Crippen LogP contribution in [-0.2, 0) is 9.47 Å². The molecule has 1 saturated carbocycles. The quantitative estimate of drug-likeness (QED) is 0.663. The fourth-order valence-electron chi connectivity index (χ4n) is 0.874. The number of hydrogen-bond donors (Lipinski definition) is 0. The molecule has 0 unspecified atom stereocenters. The predicted octanol–water partition coefficient (Wildman–Crippen LogP) is 3.20. The van der Waals surface area contributed by atoms with Gasteiger partial charge in [0.15, 0.2) is 0 Å². The number of halogens is 3. The Bertz CT molecular complexity index is 229. The van der Waals surface area contributed by atoms with E-state index in [2.05, 4.69) is 4.74 Å².